The molecule has 2 fully saturated rings. The molecule has 384 valence electrons. The van der Waals surface area contributed by atoms with Crippen LogP contribution in [0.5, 0.6) is 0 Å². The van der Waals surface area contributed by atoms with Crippen LogP contribution in [0.4, 0.5) is 0 Å². The molecule has 1 saturated heterocycles. The molecular weight excluding hydrogens is 885 g/mol. The molecule has 17 heteroatoms. The van der Waals surface area contributed by atoms with Gasteiger partial charge in [-0.2, -0.15) is 0 Å². The fourth-order valence-electron chi connectivity index (χ4n) is 9.86. The first-order valence-electron chi connectivity index (χ1n) is 24.8. The van der Waals surface area contributed by atoms with Crippen molar-refractivity contribution in [3.8, 4) is 0 Å². The normalized spacial score (nSPS) is 19.2. The maximum atomic E-state index is 14.6. The number of imide groups is 1. The van der Waals surface area contributed by atoms with E-state index >= 15 is 0 Å². The molecule has 0 bridgehead atoms. The molecule has 0 spiro atoms. The van der Waals surface area contributed by atoms with Crippen LogP contribution in [0.15, 0.2) is 42.5 Å². The van der Waals surface area contributed by atoms with Crippen molar-refractivity contribution in [3.63, 3.8) is 0 Å². The van der Waals surface area contributed by atoms with Crippen LogP contribution in [0.2, 0.25) is 0 Å². The van der Waals surface area contributed by atoms with Gasteiger partial charge in [0.15, 0.2) is 0 Å². The van der Waals surface area contributed by atoms with Gasteiger partial charge < -0.3 is 40.0 Å². The number of hydrogen-bond donors (Lipinski definition) is 3. The van der Waals surface area contributed by atoms with Gasteiger partial charge in [-0.05, 0) is 90.5 Å². The van der Waals surface area contributed by atoms with Gasteiger partial charge in [0.25, 0.3) is 11.8 Å². The molecule has 0 radical (unpaired) electrons. The van der Waals surface area contributed by atoms with E-state index < -0.39 is 71.2 Å². The molecule has 3 aliphatic rings. The fraction of sp³-hybridized carbons (Fsp3) is 0.692. The molecule has 0 aromatic heterocycles. The van der Waals surface area contributed by atoms with E-state index in [2.05, 4.69) is 16.0 Å². The third kappa shape index (κ3) is 15.9. The second-order valence-corrected chi connectivity index (χ2v) is 20.9. The molecule has 1 aromatic carbocycles. The second-order valence-electron chi connectivity index (χ2n) is 20.9. The van der Waals surface area contributed by atoms with Crippen LogP contribution in [-0.2, 0) is 59.0 Å². The number of nitrogens with zero attached hydrogens (tertiary/aromatic N) is 3. The molecule has 4 rings (SSSR count). The minimum Gasteiger partial charge on any atom is -0.458 e. The summed E-state index contributed by atoms with van der Waals surface area (Å²) in [5.74, 6) is -4.10. The second kappa shape index (κ2) is 25.6. The summed E-state index contributed by atoms with van der Waals surface area (Å²) in [7, 11) is 4.76. The van der Waals surface area contributed by atoms with Gasteiger partial charge in [0, 0.05) is 59.4 Å². The topological polar surface area (TPSA) is 210 Å². The highest BCUT2D eigenvalue weighted by atomic mass is 16.6. The largest absolute Gasteiger partial charge is 0.458 e. The summed E-state index contributed by atoms with van der Waals surface area (Å²) < 4.78 is 17.8. The van der Waals surface area contributed by atoms with Gasteiger partial charge in [-0.15, -0.1) is 0 Å². The Labute approximate surface area is 409 Å². The first-order valence-corrected chi connectivity index (χ1v) is 24.8. The summed E-state index contributed by atoms with van der Waals surface area (Å²) in [5, 5.41) is 8.65. The lowest BCUT2D eigenvalue weighted by molar-refractivity contribution is -0.159. The highest BCUT2D eigenvalue weighted by Gasteiger charge is 2.45. The summed E-state index contributed by atoms with van der Waals surface area (Å²) in [6, 6.07) is 6.53. The van der Waals surface area contributed by atoms with E-state index in [1.54, 1.807) is 65.5 Å². The van der Waals surface area contributed by atoms with E-state index in [-0.39, 0.29) is 67.2 Å². The molecule has 17 nitrogen and oxygen atoms in total. The summed E-state index contributed by atoms with van der Waals surface area (Å²) in [6.45, 7) is 14.6. The lowest BCUT2D eigenvalue weighted by Gasteiger charge is -2.41. The molecule has 7 unspecified atom stereocenters. The zero-order chi connectivity index (χ0) is 51.2. The van der Waals surface area contributed by atoms with Gasteiger partial charge >= 0.3 is 5.97 Å². The van der Waals surface area contributed by atoms with Crippen molar-refractivity contribution >= 4 is 47.3 Å². The summed E-state index contributed by atoms with van der Waals surface area (Å²) in [6.07, 6.45) is 7.93. The number of amides is 7. The predicted molar refractivity (Wildman–Crippen MR) is 260 cm³/mol. The number of benzene rings is 1. The van der Waals surface area contributed by atoms with E-state index in [0.717, 1.165) is 36.1 Å². The Bertz CT molecular complexity index is 1960. The first-order chi connectivity index (χ1) is 32.5. The number of methoxy groups -OCH3 is 2. The van der Waals surface area contributed by atoms with Crippen molar-refractivity contribution < 1.29 is 52.6 Å². The standard InChI is InChI=1S/C52H80N6O11/c1-33(2)44(54-50(66)52(7,8)55-40(59)26-16-13-19-29-58-41(60)27-28-42(58)61)48(64)56(9)45(36-23-17-18-24-36)39(67-10)32-43(62)57-30-20-25-38(57)46(68-11)34(3)47(63)53-37(49(65)69-51(4,5)6)31-35-21-14-12-15-22-35/h12,14-15,21-22,27-28,33-34,36-39,44-46H,13,16-20,23-26,29-32H2,1-11H3,(H,53,63)(H,54,66)(H,55,59). The first kappa shape index (κ1) is 56.4. The molecular formula is C52H80N6O11. The van der Waals surface area contributed by atoms with Crippen LogP contribution in [-0.4, -0.2) is 144 Å². The molecule has 1 saturated carbocycles. The summed E-state index contributed by atoms with van der Waals surface area (Å²) in [4.78, 5) is 112. The molecule has 7 amide bonds. The Kier molecular flexibility index (Phi) is 21.0. The Hall–Kier alpha value is -5.16. The number of carbonyl (C=O) groups excluding carboxylic acids is 8. The van der Waals surface area contributed by atoms with Gasteiger partial charge in [-0.1, -0.05) is 70.4 Å². The highest BCUT2D eigenvalue weighted by Crippen LogP contribution is 2.35. The number of ether oxygens (including phenoxy) is 3. The highest BCUT2D eigenvalue weighted by molar-refractivity contribution is 6.12. The van der Waals surface area contributed by atoms with E-state index in [1.165, 1.54) is 19.3 Å². The van der Waals surface area contributed by atoms with Gasteiger partial charge in [-0.3, -0.25) is 38.5 Å². The fourth-order valence-corrected chi connectivity index (χ4v) is 9.86. The minimum atomic E-state index is -1.36. The number of likely N-dealkylation sites (tertiary alicyclic amines) is 1. The number of hydrogen-bond acceptors (Lipinski definition) is 11. The van der Waals surface area contributed by atoms with Crippen LogP contribution >= 0.6 is 0 Å². The molecule has 7 atom stereocenters. The molecule has 1 aromatic rings. The average Bonchev–Trinajstić information content (AvgIpc) is 4.07. The summed E-state index contributed by atoms with van der Waals surface area (Å²) in [5.41, 5.74) is -1.27. The number of likely N-dealkylation sites (N-methyl/N-ethyl adjacent to an activating group) is 1. The van der Waals surface area contributed by atoms with E-state index in [0.29, 0.717) is 38.6 Å². The van der Waals surface area contributed by atoms with Gasteiger partial charge in [0.1, 0.15) is 23.2 Å². The van der Waals surface area contributed by atoms with Crippen molar-refractivity contribution in [2.24, 2.45) is 17.8 Å². The van der Waals surface area contributed by atoms with Crippen LogP contribution in [0, 0.1) is 17.8 Å². The van der Waals surface area contributed by atoms with Crippen molar-refractivity contribution in [1.29, 1.82) is 0 Å². The van der Waals surface area contributed by atoms with Crippen LogP contribution in [0.25, 0.3) is 0 Å². The maximum absolute atomic E-state index is 14.6. The predicted octanol–water partition coefficient (Wildman–Crippen LogP) is 4.64. The SMILES string of the molecule is COC(CC(=O)N1CCCC1C(OC)C(C)C(=O)NC(Cc1ccccc1)C(=O)OC(C)(C)C)C(C1CCCC1)N(C)C(=O)C(NC(=O)C(C)(C)NC(=O)CCCCCN1C(=O)C=CC1=O)C(C)C. The third-order valence-electron chi connectivity index (χ3n) is 13.6. The monoisotopic (exact) mass is 965 g/mol. The quantitative estimate of drug-likeness (QED) is 0.0699. The van der Waals surface area contributed by atoms with Crippen molar-refractivity contribution in [3.05, 3.63) is 48.0 Å². The lowest BCUT2D eigenvalue weighted by Crippen LogP contribution is -2.62. The van der Waals surface area contributed by atoms with Crippen molar-refractivity contribution in [2.45, 2.75) is 180 Å². The molecule has 2 aliphatic heterocycles. The van der Waals surface area contributed by atoms with Gasteiger partial charge in [-0.25, -0.2) is 4.79 Å². The van der Waals surface area contributed by atoms with E-state index in [1.807, 2.05) is 44.2 Å². The van der Waals surface area contributed by atoms with E-state index in [4.69, 9.17) is 14.2 Å². The number of esters is 1. The molecule has 69 heavy (non-hydrogen) atoms. The minimum absolute atomic E-state index is 0.0301. The van der Waals surface area contributed by atoms with Crippen LogP contribution < -0.4 is 16.0 Å². The molecule has 1 aliphatic carbocycles. The van der Waals surface area contributed by atoms with Crippen molar-refractivity contribution in [2.75, 3.05) is 34.4 Å². The summed E-state index contributed by atoms with van der Waals surface area (Å²) >= 11 is 0. The Morgan fingerprint density at radius 1 is 0.826 bits per heavy atom. The zero-order valence-electron chi connectivity index (χ0n) is 43.0. The Morgan fingerprint density at radius 3 is 2.04 bits per heavy atom. The Morgan fingerprint density at radius 2 is 1.46 bits per heavy atom. The smallest absolute Gasteiger partial charge is 0.329 e. The zero-order valence-corrected chi connectivity index (χ0v) is 43.0. The number of unbranched alkanes of at least 4 members (excludes halogenated alkanes) is 2. The van der Waals surface area contributed by atoms with Crippen molar-refractivity contribution in [1.82, 2.24) is 30.7 Å². The Balaban J connectivity index is 1.42. The van der Waals surface area contributed by atoms with E-state index in [9.17, 15) is 38.4 Å². The number of nitrogens with one attached hydrogen (secondary N) is 3. The lowest BCUT2D eigenvalue weighted by atomic mass is 9.88. The number of rotatable bonds is 25. The van der Waals surface area contributed by atoms with Crippen LogP contribution in [0.3, 0.4) is 0 Å². The molecule has 3 N–H and O–H groups in total. The molecule has 2 heterocycles. The van der Waals surface area contributed by atoms with Gasteiger partial charge in [0.2, 0.25) is 29.5 Å². The third-order valence-corrected chi connectivity index (χ3v) is 13.6. The van der Waals surface area contributed by atoms with Gasteiger partial charge in [0.05, 0.1) is 36.6 Å². The number of carbonyl (C=O) groups is 8. The maximum Gasteiger partial charge on any atom is 0.329 e. The average molecular weight is 965 g/mol. The van der Waals surface area contributed by atoms with Crippen LogP contribution in [0.1, 0.15) is 132 Å².